The van der Waals surface area contributed by atoms with Gasteiger partial charge in [0.2, 0.25) is 10.0 Å². The smallest absolute Gasteiger partial charge is 0.257 e. The number of anilines is 2. The fourth-order valence-corrected chi connectivity index (χ4v) is 2.81. The highest BCUT2D eigenvalue weighted by atomic mass is 35.5. The molecule has 0 aliphatic rings. The third-order valence-corrected chi connectivity index (χ3v) is 4.84. The molecular weight excluding hydrogens is 352 g/mol. The molecule has 128 valence electrons. The molecule has 24 heavy (non-hydrogen) atoms. The summed E-state index contributed by atoms with van der Waals surface area (Å²) in [5.74, 6) is -0.130. The summed E-state index contributed by atoms with van der Waals surface area (Å²) in [4.78, 5) is 12.2. The minimum atomic E-state index is -3.42. The Bertz CT molecular complexity index is 853. The highest BCUT2D eigenvalue weighted by molar-refractivity contribution is 7.92. The monoisotopic (exact) mass is 368 g/mol. The molecule has 0 bridgehead atoms. The Hall–Kier alpha value is -2.25. The van der Waals surface area contributed by atoms with Crippen LogP contribution in [0.2, 0.25) is 5.02 Å². The number of rotatable bonds is 6. The number of methoxy groups -OCH3 is 1. The molecule has 0 saturated carbocycles. The number of hydrogen-bond acceptors (Lipinski definition) is 4. The van der Waals surface area contributed by atoms with Gasteiger partial charge >= 0.3 is 0 Å². The molecule has 0 unspecified atom stereocenters. The third kappa shape index (κ3) is 4.39. The topological polar surface area (TPSA) is 84.5 Å². The van der Waals surface area contributed by atoms with Crippen molar-refractivity contribution >= 4 is 38.9 Å². The third-order valence-electron chi connectivity index (χ3n) is 3.22. The molecule has 1 amide bonds. The van der Waals surface area contributed by atoms with E-state index < -0.39 is 10.0 Å². The van der Waals surface area contributed by atoms with Crippen LogP contribution in [0.3, 0.4) is 0 Å². The largest absolute Gasteiger partial charge is 0.494 e. The van der Waals surface area contributed by atoms with Crippen LogP contribution in [0.25, 0.3) is 0 Å². The van der Waals surface area contributed by atoms with Gasteiger partial charge in [-0.2, -0.15) is 0 Å². The van der Waals surface area contributed by atoms with Crippen LogP contribution < -0.4 is 14.8 Å². The first-order valence-corrected chi connectivity index (χ1v) is 9.13. The van der Waals surface area contributed by atoms with E-state index in [0.717, 1.165) is 0 Å². The van der Waals surface area contributed by atoms with E-state index in [-0.39, 0.29) is 11.7 Å². The van der Waals surface area contributed by atoms with E-state index in [2.05, 4.69) is 10.0 Å². The van der Waals surface area contributed by atoms with Gasteiger partial charge in [-0.3, -0.25) is 9.52 Å². The summed E-state index contributed by atoms with van der Waals surface area (Å²) in [6, 6.07) is 11.3. The number of hydrogen-bond donors (Lipinski definition) is 2. The Morgan fingerprint density at radius 3 is 2.54 bits per heavy atom. The number of ether oxygens (including phenoxy) is 1. The summed E-state index contributed by atoms with van der Waals surface area (Å²) in [7, 11) is -2.01. The predicted molar refractivity (Wildman–Crippen MR) is 95.5 cm³/mol. The summed E-state index contributed by atoms with van der Waals surface area (Å²) >= 11 is 6.00. The van der Waals surface area contributed by atoms with Crippen LogP contribution in [0.5, 0.6) is 5.75 Å². The zero-order chi connectivity index (χ0) is 17.7. The molecule has 2 aromatic rings. The zero-order valence-electron chi connectivity index (χ0n) is 13.2. The van der Waals surface area contributed by atoms with Gasteiger partial charge in [0.15, 0.2) is 0 Å². The average molecular weight is 369 g/mol. The van der Waals surface area contributed by atoms with Crippen LogP contribution in [0.4, 0.5) is 11.4 Å². The Balaban J connectivity index is 2.24. The van der Waals surface area contributed by atoms with E-state index in [9.17, 15) is 13.2 Å². The van der Waals surface area contributed by atoms with E-state index in [0.29, 0.717) is 27.7 Å². The van der Waals surface area contributed by atoms with Crippen molar-refractivity contribution in [3.63, 3.8) is 0 Å². The molecular formula is C16H17ClN2O4S. The highest BCUT2D eigenvalue weighted by Crippen LogP contribution is 2.29. The van der Waals surface area contributed by atoms with E-state index in [1.165, 1.54) is 26.2 Å². The van der Waals surface area contributed by atoms with Crippen LogP contribution in [-0.2, 0) is 10.0 Å². The van der Waals surface area contributed by atoms with Crippen molar-refractivity contribution in [3.05, 3.63) is 53.1 Å². The van der Waals surface area contributed by atoms with Crippen LogP contribution in [0, 0.1) is 0 Å². The second-order valence-corrected chi connectivity index (χ2v) is 7.27. The fraction of sp³-hybridized carbons (Fsp3) is 0.188. The number of amides is 1. The first-order valence-electron chi connectivity index (χ1n) is 7.10. The molecule has 2 N–H and O–H groups in total. The quantitative estimate of drug-likeness (QED) is 0.818. The van der Waals surface area contributed by atoms with Crippen molar-refractivity contribution in [2.45, 2.75) is 6.92 Å². The molecule has 6 nitrogen and oxygen atoms in total. The van der Waals surface area contributed by atoms with Crippen molar-refractivity contribution in [1.82, 2.24) is 0 Å². The number of benzene rings is 2. The van der Waals surface area contributed by atoms with E-state index in [4.69, 9.17) is 16.3 Å². The molecule has 0 fully saturated rings. The van der Waals surface area contributed by atoms with Crippen LogP contribution in [0.1, 0.15) is 17.3 Å². The van der Waals surface area contributed by atoms with Gasteiger partial charge in [0.05, 0.1) is 29.1 Å². The van der Waals surface area contributed by atoms with Gasteiger partial charge in [-0.1, -0.05) is 23.7 Å². The van der Waals surface area contributed by atoms with E-state index >= 15 is 0 Å². The van der Waals surface area contributed by atoms with Crippen molar-refractivity contribution in [3.8, 4) is 5.75 Å². The fourth-order valence-electron chi connectivity index (χ4n) is 1.94. The minimum Gasteiger partial charge on any atom is -0.494 e. The number of carbonyl (C=O) groups is 1. The summed E-state index contributed by atoms with van der Waals surface area (Å²) in [5.41, 5.74) is 1.10. The molecule has 2 rings (SSSR count). The van der Waals surface area contributed by atoms with Gasteiger partial charge in [-0.05, 0) is 31.2 Å². The Morgan fingerprint density at radius 1 is 1.21 bits per heavy atom. The van der Waals surface area contributed by atoms with Gasteiger partial charge in [-0.15, -0.1) is 0 Å². The minimum absolute atomic E-state index is 0.0544. The Morgan fingerprint density at radius 2 is 1.92 bits per heavy atom. The molecule has 0 aromatic heterocycles. The first-order chi connectivity index (χ1) is 11.4. The van der Waals surface area contributed by atoms with Gasteiger partial charge in [0.25, 0.3) is 5.91 Å². The lowest BCUT2D eigenvalue weighted by atomic mass is 10.2. The summed E-state index contributed by atoms with van der Waals surface area (Å²) in [6.45, 7) is 1.53. The van der Waals surface area contributed by atoms with Crippen LogP contribution >= 0.6 is 11.6 Å². The molecule has 0 atom stereocenters. The van der Waals surface area contributed by atoms with Crippen molar-refractivity contribution in [2.75, 3.05) is 22.9 Å². The second-order valence-electron chi connectivity index (χ2n) is 4.85. The molecule has 0 aliphatic carbocycles. The highest BCUT2D eigenvalue weighted by Gasteiger charge is 2.14. The standard InChI is InChI=1S/C16H17ClN2O4S/c1-3-24(21,22)19-14-9-8-11(10-15(14)23-2)18-16(20)12-6-4-5-7-13(12)17/h4-10,19H,3H2,1-2H3,(H,18,20). The normalized spacial score (nSPS) is 11.0. The number of nitrogens with one attached hydrogen (secondary N) is 2. The zero-order valence-corrected chi connectivity index (χ0v) is 14.7. The van der Waals surface area contributed by atoms with Gasteiger partial charge in [-0.25, -0.2) is 8.42 Å². The van der Waals surface area contributed by atoms with Gasteiger partial charge in [0.1, 0.15) is 5.75 Å². The summed E-state index contributed by atoms with van der Waals surface area (Å²) in [5, 5.41) is 3.04. The lowest BCUT2D eigenvalue weighted by Crippen LogP contribution is -2.16. The van der Waals surface area contributed by atoms with E-state index in [1.807, 2.05) is 0 Å². The molecule has 0 heterocycles. The van der Waals surface area contributed by atoms with Crippen molar-refractivity contribution in [2.24, 2.45) is 0 Å². The maximum Gasteiger partial charge on any atom is 0.257 e. The van der Waals surface area contributed by atoms with E-state index in [1.54, 1.807) is 30.3 Å². The number of carbonyl (C=O) groups excluding carboxylic acids is 1. The van der Waals surface area contributed by atoms with Crippen molar-refractivity contribution in [1.29, 1.82) is 0 Å². The molecule has 0 saturated heterocycles. The lowest BCUT2D eigenvalue weighted by Gasteiger charge is -2.13. The van der Waals surface area contributed by atoms with Crippen LogP contribution in [0.15, 0.2) is 42.5 Å². The summed E-state index contributed by atoms with van der Waals surface area (Å²) in [6.07, 6.45) is 0. The molecule has 0 radical (unpaired) electrons. The van der Waals surface area contributed by atoms with Gasteiger partial charge < -0.3 is 10.1 Å². The SMILES string of the molecule is CCS(=O)(=O)Nc1ccc(NC(=O)c2ccccc2Cl)cc1OC. The molecule has 0 spiro atoms. The Kier molecular flexibility index (Phi) is 5.69. The molecule has 0 aliphatic heterocycles. The average Bonchev–Trinajstić information content (AvgIpc) is 2.56. The maximum atomic E-state index is 12.2. The molecule has 8 heteroatoms. The number of sulfonamides is 1. The molecule has 2 aromatic carbocycles. The van der Waals surface area contributed by atoms with Crippen LogP contribution in [-0.4, -0.2) is 27.2 Å². The van der Waals surface area contributed by atoms with Gasteiger partial charge in [0, 0.05) is 11.8 Å². The lowest BCUT2D eigenvalue weighted by molar-refractivity contribution is 0.102. The maximum absolute atomic E-state index is 12.2. The Labute approximate surface area is 145 Å². The predicted octanol–water partition coefficient (Wildman–Crippen LogP) is 3.36. The summed E-state index contributed by atoms with van der Waals surface area (Å²) < 4.78 is 30.9. The number of halogens is 1. The second kappa shape index (κ2) is 7.55. The first kappa shape index (κ1) is 18.1. The van der Waals surface area contributed by atoms with Crippen molar-refractivity contribution < 1.29 is 17.9 Å².